The van der Waals surface area contributed by atoms with E-state index in [-0.39, 0.29) is 0 Å². The summed E-state index contributed by atoms with van der Waals surface area (Å²) >= 11 is 0. The standard InChI is InChI=1S/C5H10.C2H4/c1-4-5(2)3;1-2/h4-5H,1H2,2-3H3;1-2H2. The Hall–Kier alpha value is -0.520. The van der Waals surface area contributed by atoms with E-state index in [1.54, 1.807) is 0 Å². The minimum atomic E-state index is 0.648. The van der Waals surface area contributed by atoms with Gasteiger partial charge >= 0.3 is 0 Å². The quantitative estimate of drug-likeness (QED) is 0.442. The van der Waals surface area contributed by atoms with Crippen LogP contribution in [-0.4, -0.2) is 0 Å². The molecule has 0 unspecified atom stereocenters. The van der Waals surface area contributed by atoms with Crippen molar-refractivity contribution in [1.82, 2.24) is 0 Å². The summed E-state index contributed by atoms with van der Waals surface area (Å²) in [4.78, 5) is 0. The lowest BCUT2D eigenvalue weighted by molar-refractivity contribution is 0.835. The average Bonchev–Trinajstić information content (AvgIpc) is 1.73. The zero-order valence-electron chi connectivity index (χ0n) is 5.28. The molecule has 0 radical (unpaired) electrons. The van der Waals surface area contributed by atoms with Gasteiger partial charge in [-0.15, -0.1) is 19.7 Å². The normalized spacial score (nSPS) is 6.71. The van der Waals surface area contributed by atoms with Crippen LogP contribution in [0, 0.1) is 5.92 Å². The smallest absolute Gasteiger partial charge is 0.0293 e. The lowest BCUT2D eigenvalue weighted by atomic mass is 10.2. The number of hydrogen-bond donors (Lipinski definition) is 0. The Labute approximate surface area is 46.6 Å². The van der Waals surface area contributed by atoms with Crippen molar-refractivity contribution in [3.05, 3.63) is 25.8 Å². The van der Waals surface area contributed by atoms with E-state index in [9.17, 15) is 0 Å². The minimum Gasteiger partial charge on any atom is -0.106 e. The molecular formula is C7H14. The molecule has 0 nitrogen and oxygen atoms in total. The van der Waals surface area contributed by atoms with Gasteiger partial charge in [-0.2, -0.15) is 0 Å². The first-order chi connectivity index (χ1) is 3.27. The molecular weight excluding hydrogens is 84.1 g/mol. The summed E-state index contributed by atoms with van der Waals surface area (Å²) in [6.07, 6.45) is 1.92. The number of rotatable bonds is 1. The second-order valence-corrected chi connectivity index (χ2v) is 1.48. The van der Waals surface area contributed by atoms with Crippen LogP contribution in [0.4, 0.5) is 0 Å². The molecule has 0 aliphatic rings. The predicted molar refractivity (Wildman–Crippen MR) is 36.3 cm³/mol. The maximum absolute atomic E-state index is 3.56. The molecule has 0 saturated carbocycles. The van der Waals surface area contributed by atoms with Crippen LogP contribution in [-0.2, 0) is 0 Å². The third-order valence-corrected chi connectivity index (χ3v) is 0.471. The first-order valence-corrected chi connectivity index (χ1v) is 2.40. The number of hydrogen-bond acceptors (Lipinski definition) is 0. The van der Waals surface area contributed by atoms with Crippen LogP contribution >= 0.6 is 0 Å². The van der Waals surface area contributed by atoms with E-state index >= 15 is 0 Å². The molecule has 0 aromatic rings. The molecule has 42 valence electrons. The van der Waals surface area contributed by atoms with Crippen LogP contribution < -0.4 is 0 Å². The third kappa shape index (κ3) is 30.3. The highest BCUT2D eigenvalue weighted by atomic mass is 13.8. The van der Waals surface area contributed by atoms with Crippen molar-refractivity contribution >= 4 is 0 Å². The van der Waals surface area contributed by atoms with Crippen molar-refractivity contribution < 1.29 is 0 Å². The molecule has 0 spiro atoms. The Morgan fingerprint density at radius 3 is 1.43 bits per heavy atom. The fourth-order valence-electron chi connectivity index (χ4n) is 0. The molecule has 0 atom stereocenters. The highest BCUT2D eigenvalue weighted by Gasteiger charge is 1.73. The predicted octanol–water partition coefficient (Wildman–Crippen LogP) is 2.63. The van der Waals surface area contributed by atoms with Gasteiger partial charge in [-0.3, -0.25) is 0 Å². The van der Waals surface area contributed by atoms with Crippen LogP contribution in [0.25, 0.3) is 0 Å². The van der Waals surface area contributed by atoms with E-state index in [1.807, 2.05) is 6.08 Å². The Morgan fingerprint density at radius 2 is 1.43 bits per heavy atom. The second-order valence-electron chi connectivity index (χ2n) is 1.48. The molecule has 0 aromatic carbocycles. The van der Waals surface area contributed by atoms with Crippen molar-refractivity contribution in [3.63, 3.8) is 0 Å². The summed E-state index contributed by atoms with van der Waals surface area (Å²) in [5.74, 6) is 0.648. The van der Waals surface area contributed by atoms with Crippen molar-refractivity contribution in [2.24, 2.45) is 5.92 Å². The maximum Gasteiger partial charge on any atom is -0.0293 e. The Kier molecular flexibility index (Phi) is 12.6. The Balaban J connectivity index is 0. The molecule has 0 N–H and O–H groups in total. The summed E-state index contributed by atoms with van der Waals surface area (Å²) in [5.41, 5.74) is 0. The SMILES string of the molecule is C=C.C=CC(C)C. The zero-order valence-corrected chi connectivity index (χ0v) is 5.28. The average molecular weight is 98.2 g/mol. The van der Waals surface area contributed by atoms with E-state index in [0.29, 0.717) is 5.92 Å². The second kappa shape index (κ2) is 9.08. The van der Waals surface area contributed by atoms with Crippen molar-refractivity contribution in [3.8, 4) is 0 Å². The molecule has 0 fully saturated rings. The van der Waals surface area contributed by atoms with Gasteiger partial charge in [-0.25, -0.2) is 0 Å². The number of allylic oxidation sites excluding steroid dienone is 1. The van der Waals surface area contributed by atoms with Crippen LogP contribution in [0.2, 0.25) is 0 Å². The molecule has 0 saturated heterocycles. The monoisotopic (exact) mass is 98.1 g/mol. The molecule has 0 heteroatoms. The van der Waals surface area contributed by atoms with E-state index in [2.05, 4.69) is 33.6 Å². The lowest BCUT2D eigenvalue weighted by Crippen LogP contribution is -1.71. The van der Waals surface area contributed by atoms with Crippen molar-refractivity contribution in [2.45, 2.75) is 13.8 Å². The molecule has 0 amide bonds. The van der Waals surface area contributed by atoms with E-state index in [0.717, 1.165) is 0 Å². The summed E-state index contributed by atoms with van der Waals surface area (Å²) < 4.78 is 0. The van der Waals surface area contributed by atoms with E-state index in [4.69, 9.17) is 0 Å². The first-order valence-electron chi connectivity index (χ1n) is 2.40. The van der Waals surface area contributed by atoms with Crippen LogP contribution in [0.15, 0.2) is 25.8 Å². The minimum absolute atomic E-state index is 0.648. The zero-order chi connectivity index (χ0) is 6.28. The highest BCUT2D eigenvalue weighted by Crippen LogP contribution is 1.87. The van der Waals surface area contributed by atoms with Gasteiger partial charge < -0.3 is 0 Å². The third-order valence-electron chi connectivity index (χ3n) is 0.471. The summed E-state index contributed by atoms with van der Waals surface area (Å²) in [6, 6.07) is 0. The van der Waals surface area contributed by atoms with Gasteiger partial charge in [0.15, 0.2) is 0 Å². The van der Waals surface area contributed by atoms with E-state index < -0.39 is 0 Å². The molecule has 0 rings (SSSR count). The van der Waals surface area contributed by atoms with Crippen LogP contribution in [0.3, 0.4) is 0 Å². The van der Waals surface area contributed by atoms with Crippen LogP contribution in [0.1, 0.15) is 13.8 Å². The summed E-state index contributed by atoms with van der Waals surface area (Å²) in [6.45, 7) is 13.8. The first kappa shape index (κ1) is 9.70. The molecule has 7 heavy (non-hydrogen) atoms. The molecule has 0 aliphatic heterocycles. The molecule has 0 aromatic heterocycles. The van der Waals surface area contributed by atoms with Gasteiger partial charge in [0, 0.05) is 0 Å². The molecule has 0 bridgehead atoms. The van der Waals surface area contributed by atoms with Crippen molar-refractivity contribution in [1.29, 1.82) is 0 Å². The fraction of sp³-hybridized carbons (Fsp3) is 0.429. The van der Waals surface area contributed by atoms with Crippen LogP contribution in [0.5, 0.6) is 0 Å². The van der Waals surface area contributed by atoms with Crippen molar-refractivity contribution in [2.75, 3.05) is 0 Å². The largest absolute Gasteiger partial charge is 0.106 e. The van der Waals surface area contributed by atoms with Gasteiger partial charge in [0.2, 0.25) is 0 Å². The molecule has 0 aliphatic carbocycles. The van der Waals surface area contributed by atoms with Gasteiger partial charge in [0.1, 0.15) is 0 Å². The van der Waals surface area contributed by atoms with Gasteiger partial charge in [-0.1, -0.05) is 19.9 Å². The fourth-order valence-corrected chi connectivity index (χ4v) is 0. The summed E-state index contributed by atoms with van der Waals surface area (Å²) in [7, 11) is 0. The molecule has 0 heterocycles. The Morgan fingerprint density at radius 1 is 1.29 bits per heavy atom. The van der Waals surface area contributed by atoms with Gasteiger partial charge in [-0.05, 0) is 5.92 Å². The summed E-state index contributed by atoms with van der Waals surface area (Å²) in [5, 5.41) is 0. The van der Waals surface area contributed by atoms with Gasteiger partial charge in [0.05, 0.1) is 0 Å². The Bertz CT molecular complexity index is 35.3. The van der Waals surface area contributed by atoms with Gasteiger partial charge in [0.25, 0.3) is 0 Å². The highest BCUT2D eigenvalue weighted by molar-refractivity contribution is 4.69. The topological polar surface area (TPSA) is 0 Å². The maximum atomic E-state index is 3.56. The van der Waals surface area contributed by atoms with E-state index in [1.165, 1.54) is 0 Å². The lowest BCUT2D eigenvalue weighted by Gasteiger charge is -1.84.